The predicted octanol–water partition coefficient (Wildman–Crippen LogP) is 3.73. The first-order chi connectivity index (χ1) is 11.4. The number of fused-ring (bicyclic) bond motifs is 1. The van der Waals surface area contributed by atoms with Crippen molar-refractivity contribution in [1.82, 2.24) is 10.3 Å². The molecule has 4 nitrogen and oxygen atoms in total. The molecule has 1 heterocycles. The number of aromatic nitrogens is 1. The summed E-state index contributed by atoms with van der Waals surface area (Å²) in [5.41, 5.74) is 3.82. The van der Waals surface area contributed by atoms with Gasteiger partial charge >= 0.3 is 0 Å². The molecule has 24 heavy (non-hydrogen) atoms. The highest BCUT2D eigenvalue weighted by molar-refractivity contribution is 6.30. The molecule has 0 atom stereocenters. The molecule has 0 saturated carbocycles. The van der Waals surface area contributed by atoms with Crippen LogP contribution in [0.15, 0.2) is 47.3 Å². The first kappa shape index (κ1) is 16.3. The molecule has 3 rings (SSSR count). The zero-order valence-electron chi connectivity index (χ0n) is 13.4. The van der Waals surface area contributed by atoms with Crippen LogP contribution in [0.2, 0.25) is 5.02 Å². The van der Waals surface area contributed by atoms with E-state index in [-0.39, 0.29) is 18.0 Å². The van der Waals surface area contributed by atoms with Crippen molar-refractivity contribution < 1.29 is 4.79 Å². The molecule has 0 radical (unpaired) electrons. The van der Waals surface area contributed by atoms with Crippen molar-refractivity contribution in [2.45, 2.75) is 20.4 Å². The SMILES string of the molecule is Cc1cc(C)c2[nH]c(=O)c(CNC(=O)c3ccc(Cl)cc3)cc2c1. The average molecular weight is 341 g/mol. The fraction of sp³-hybridized carbons (Fsp3) is 0.158. The summed E-state index contributed by atoms with van der Waals surface area (Å²) in [6, 6.07) is 12.5. The fourth-order valence-electron chi connectivity index (χ4n) is 2.74. The number of pyridine rings is 1. The number of H-pyrrole nitrogens is 1. The molecule has 0 fully saturated rings. The van der Waals surface area contributed by atoms with Crippen molar-refractivity contribution in [1.29, 1.82) is 0 Å². The van der Waals surface area contributed by atoms with Gasteiger partial charge in [-0.15, -0.1) is 0 Å². The Kier molecular flexibility index (Phi) is 4.40. The fourth-order valence-corrected chi connectivity index (χ4v) is 2.87. The van der Waals surface area contributed by atoms with Crippen molar-refractivity contribution >= 4 is 28.4 Å². The maximum Gasteiger partial charge on any atom is 0.253 e. The van der Waals surface area contributed by atoms with E-state index in [9.17, 15) is 9.59 Å². The van der Waals surface area contributed by atoms with Gasteiger partial charge in [0.2, 0.25) is 0 Å². The van der Waals surface area contributed by atoms with E-state index < -0.39 is 0 Å². The van der Waals surface area contributed by atoms with Crippen LogP contribution >= 0.6 is 11.6 Å². The summed E-state index contributed by atoms with van der Waals surface area (Å²) >= 11 is 5.81. The quantitative estimate of drug-likeness (QED) is 0.763. The number of aryl methyl sites for hydroxylation is 2. The number of hydrogen-bond donors (Lipinski definition) is 2. The average Bonchev–Trinajstić information content (AvgIpc) is 2.54. The van der Waals surface area contributed by atoms with Crippen LogP contribution in [-0.4, -0.2) is 10.9 Å². The number of aromatic amines is 1. The van der Waals surface area contributed by atoms with Crippen molar-refractivity contribution in [2.24, 2.45) is 0 Å². The van der Waals surface area contributed by atoms with Crippen molar-refractivity contribution in [3.63, 3.8) is 0 Å². The number of benzene rings is 2. The van der Waals surface area contributed by atoms with Gasteiger partial charge in [0, 0.05) is 22.7 Å². The monoisotopic (exact) mass is 340 g/mol. The van der Waals surface area contributed by atoms with Gasteiger partial charge < -0.3 is 10.3 Å². The van der Waals surface area contributed by atoms with Crippen LogP contribution in [0.4, 0.5) is 0 Å². The highest BCUT2D eigenvalue weighted by atomic mass is 35.5. The van der Waals surface area contributed by atoms with Gasteiger partial charge in [0.1, 0.15) is 0 Å². The highest BCUT2D eigenvalue weighted by Crippen LogP contribution is 2.18. The summed E-state index contributed by atoms with van der Waals surface area (Å²) < 4.78 is 0. The lowest BCUT2D eigenvalue weighted by Crippen LogP contribution is -2.26. The Labute approximate surface area is 144 Å². The number of hydrogen-bond acceptors (Lipinski definition) is 2. The lowest BCUT2D eigenvalue weighted by molar-refractivity contribution is 0.0951. The summed E-state index contributed by atoms with van der Waals surface area (Å²) in [5, 5.41) is 4.30. The van der Waals surface area contributed by atoms with E-state index in [1.165, 1.54) is 0 Å². The van der Waals surface area contributed by atoms with Crippen LogP contribution < -0.4 is 10.9 Å². The maximum atomic E-state index is 12.2. The topological polar surface area (TPSA) is 62.0 Å². The van der Waals surface area contributed by atoms with Gasteiger partial charge in [0.05, 0.1) is 5.52 Å². The molecule has 0 aliphatic heterocycles. The van der Waals surface area contributed by atoms with Gasteiger partial charge in [0.25, 0.3) is 11.5 Å². The van der Waals surface area contributed by atoms with Gasteiger partial charge in [-0.2, -0.15) is 0 Å². The molecule has 2 N–H and O–H groups in total. The highest BCUT2D eigenvalue weighted by Gasteiger charge is 2.09. The Morgan fingerprint density at radius 2 is 1.83 bits per heavy atom. The molecule has 5 heteroatoms. The van der Waals surface area contributed by atoms with Crippen LogP contribution in [0.25, 0.3) is 10.9 Å². The van der Waals surface area contributed by atoms with E-state index in [2.05, 4.69) is 10.3 Å². The molecule has 2 aromatic carbocycles. The molecular formula is C19H17ClN2O2. The second-order valence-corrected chi connectivity index (χ2v) is 6.30. The minimum atomic E-state index is -0.244. The number of rotatable bonds is 3. The number of halogens is 1. The minimum absolute atomic E-state index is 0.166. The number of carbonyl (C=O) groups excluding carboxylic acids is 1. The molecule has 0 unspecified atom stereocenters. The first-order valence-corrected chi connectivity index (χ1v) is 7.99. The second kappa shape index (κ2) is 6.49. The minimum Gasteiger partial charge on any atom is -0.348 e. The maximum absolute atomic E-state index is 12.2. The van der Waals surface area contributed by atoms with E-state index >= 15 is 0 Å². The van der Waals surface area contributed by atoms with E-state index in [0.29, 0.717) is 16.1 Å². The van der Waals surface area contributed by atoms with Gasteiger partial charge in [-0.3, -0.25) is 9.59 Å². The predicted molar refractivity (Wildman–Crippen MR) is 96.7 cm³/mol. The van der Waals surface area contributed by atoms with E-state index in [4.69, 9.17) is 11.6 Å². The van der Waals surface area contributed by atoms with Crippen LogP contribution in [0.1, 0.15) is 27.0 Å². The molecule has 0 bridgehead atoms. The van der Waals surface area contributed by atoms with E-state index in [0.717, 1.165) is 22.0 Å². The van der Waals surface area contributed by atoms with Crippen LogP contribution in [0.5, 0.6) is 0 Å². The van der Waals surface area contributed by atoms with Crippen molar-refractivity contribution in [3.05, 3.63) is 80.1 Å². The summed E-state index contributed by atoms with van der Waals surface area (Å²) in [6.07, 6.45) is 0. The summed E-state index contributed by atoms with van der Waals surface area (Å²) in [7, 11) is 0. The van der Waals surface area contributed by atoms with Crippen LogP contribution in [0.3, 0.4) is 0 Å². The molecule has 0 aliphatic carbocycles. The summed E-state index contributed by atoms with van der Waals surface area (Å²) in [6.45, 7) is 4.15. The molecule has 0 aliphatic rings. The number of nitrogens with one attached hydrogen (secondary N) is 2. The summed E-state index contributed by atoms with van der Waals surface area (Å²) in [4.78, 5) is 27.3. The number of amides is 1. The van der Waals surface area contributed by atoms with E-state index in [1.54, 1.807) is 24.3 Å². The molecule has 0 spiro atoms. The largest absolute Gasteiger partial charge is 0.348 e. The smallest absolute Gasteiger partial charge is 0.253 e. The molecule has 1 amide bonds. The summed E-state index contributed by atoms with van der Waals surface area (Å²) in [5.74, 6) is -0.244. The lowest BCUT2D eigenvalue weighted by atomic mass is 10.1. The first-order valence-electron chi connectivity index (χ1n) is 7.61. The standard InChI is InChI=1S/C19H17ClN2O2/c1-11-7-12(2)17-14(8-11)9-15(19(24)22-17)10-21-18(23)13-3-5-16(20)6-4-13/h3-9H,10H2,1-2H3,(H,21,23)(H,22,24). The molecule has 3 aromatic rings. The number of carbonyl (C=O) groups is 1. The van der Waals surface area contributed by atoms with Gasteiger partial charge in [-0.1, -0.05) is 23.2 Å². The Hall–Kier alpha value is -2.59. The Morgan fingerprint density at radius 1 is 1.12 bits per heavy atom. The van der Waals surface area contributed by atoms with Gasteiger partial charge in [-0.25, -0.2) is 0 Å². The second-order valence-electron chi connectivity index (χ2n) is 5.86. The third-order valence-corrected chi connectivity index (χ3v) is 4.17. The Bertz CT molecular complexity index is 975. The third kappa shape index (κ3) is 3.34. The van der Waals surface area contributed by atoms with Gasteiger partial charge in [0.15, 0.2) is 0 Å². The lowest BCUT2D eigenvalue weighted by Gasteiger charge is -2.08. The molecule has 1 aromatic heterocycles. The Morgan fingerprint density at radius 3 is 2.54 bits per heavy atom. The van der Waals surface area contributed by atoms with Crippen molar-refractivity contribution in [3.8, 4) is 0 Å². The normalized spacial score (nSPS) is 10.8. The molecule has 122 valence electrons. The molecular weight excluding hydrogens is 324 g/mol. The van der Waals surface area contributed by atoms with Crippen LogP contribution in [-0.2, 0) is 6.54 Å². The van der Waals surface area contributed by atoms with Crippen LogP contribution in [0, 0.1) is 13.8 Å². The van der Waals surface area contributed by atoms with Gasteiger partial charge in [-0.05, 0) is 61.2 Å². The Balaban J connectivity index is 1.85. The molecule has 0 saturated heterocycles. The zero-order chi connectivity index (χ0) is 17.3. The van der Waals surface area contributed by atoms with Crippen molar-refractivity contribution in [2.75, 3.05) is 0 Å². The van der Waals surface area contributed by atoms with E-state index in [1.807, 2.05) is 32.0 Å². The third-order valence-electron chi connectivity index (χ3n) is 3.92. The zero-order valence-corrected chi connectivity index (χ0v) is 14.2.